The topological polar surface area (TPSA) is 88.3 Å². The van der Waals surface area contributed by atoms with E-state index in [0.717, 1.165) is 44.5 Å². The Bertz CT molecular complexity index is 705. The highest BCUT2D eigenvalue weighted by molar-refractivity contribution is 5.33. The van der Waals surface area contributed by atoms with E-state index < -0.39 is 0 Å². The molecule has 0 bridgehead atoms. The summed E-state index contributed by atoms with van der Waals surface area (Å²) in [6, 6.07) is 2.11. The van der Waals surface area contributed by atoms with Crippen molar-refractivity contribution in [2.75, 3.05) is 20.2 Å². The van der Waals surface area contributed by atoms with Crippen LogP contribution in [0.5, 0.6) is 0 Å². The fourth-order valence-electron chi connectivity index (χ4n) is 6.55. The van der Waals surface area contributed by atoms with Gasteiger partial charge in [0.15, 0.2) is 0 Å². The predicted molar refractivity (Wildman–Crippen MR) is 116 cm³/mol. The molecule has 3 rings (SSSR count). The molecule has 0 aromatic rings. The largest absolute Gasteiger partial charge is 0.396 e. The third kappa shape index (κ3) is 4.20. The minimum absolute atomic E-state index is 0.0321. The SMILES string of the molecule is CN/C(=C\C#N)NC[C@H]1C2=C(CC[C@@H]1[C@@]1(C)CC[C@H](O)C[C@@H]1CO)C(C)(C)CC2. The fraction of sp³-hybridized carbons (Fsp3) is 0.792. The summed E-state index contributed by atoms with van der Waals surface area (Å²) < 4.78 is 0. The molecule has 4 N–H and O–H groups in total. The van der Waals surface area contributed by atoms with Crippen molar-refractivity contribution >= 4 is 0 Å². The molecule has 162 valence electrons. The van der Waals surface area contributed by atoms with Gasteiger partial charge in [0.05, 0.1) is 18.2 Å². The molecule has 29 heavy (non-hydrogen) atoms. The van der Waals surface area contributed by atoms with Crippen LogP contribution in [0.3, 0.4) is 0 Å². The highest BCUT2D eigenvalue weighted by Crippen LogP contribution is 2.59. The molecule has 5 heteroatoms. The van der Waals surface area contributed by atoms with Crippen molar-refractivity contribution in [2.45, 2.75) is 71.8 Å². The number of hydrogen-bond acceptors (Lipinski definition) is 5. The second-order valence-corrected chi connectivity index (χ2v) is 10.3. The van der Waals surface area contributed by atoms with Crippen LogP contribution < -0.4 is 10.6 Å². The van der Waals surface area contributed by atoms with Gasteiger partial charge in [0.25, 0.3) is 0 Å². The Labute approximate surface area is 176 Å². The predicted octanol–water partition coefficient (Wildman–Crippen LogP) is 3.46. The molecule has 0 aromatic heterocycles. The second-order valence-electron chi connectivity index (χ2n) is 10.3. The molecule has 3 aliphatic rings. The number of hydrogen-bond donors (Lipinski definition) is 4. The molecule has 3 aliphatic carbocycles. The molecule has 1 fully saturated rings. The lowest BCUT2D eigenvalue weighted by Crippen LogP contribution is -2.49. The standard InChI is InChI=1S/C24H39N3O2/c1-23(2)10-8-18-19(14-27-22(26-4)9-12-25)21(6-5-20(18)23)24(3)11-7-17(29)13-16(24)15-28/h9,16-17,19,21,26-29H,5-8,10-11,13-15H2,1-4H3/b22-9+/t16-,17+,19+,21+,24+/m1/s1. The molecule has 0 saturated heterocycles. The maximum absolute atomic E-state index is 10.2. The Morgan fingerprint density at radius 3 is 2.66 bits per heavy atom. The lowest BCUT2D eigenvalue weighted by Gasteiger charge is -2.52. The van der Waals surface area contributed by atoms with Crippen LogP contribution in [0.25, 0.3) is 0 Å². The first kappa shape index (κ1) is 22.2. The van der Waals surface area contributed by atoms with E-state index in [1.54, 1.807) is 11.1 Å². The number of nitrogens with zero attached hydrogens (tertiary/aromatic N) is 1. The summed E-state index contributed by atoms with van der Waals surface area (Å²) in [5.74, 6) is 1.80. The van der Waals surface area contributed by atoms with Gasteiger partial charge in [-0.15, -0.1) is 0 Å². The number of aliphatic hydroxyl groups is 2. The van der Waals surface area contributed by atoms with Crippen molar-refractivity contribution in [3.05, 3.63) is 23.0 Å². The first-order valence-electron chi connectivity index (χ1n) is 11.3. The van der Waals surface area contributed by atoms with Gasteiger partial charge in [-0.2, -0.15) is 5.26 Å². The summed E-state index contributed by atoms with van der Waals surface area (Å²) >= 11 is 0. The van der Waals surface area contributed by atoms with Gasteiger partial charge in [0.1, 0.15) is 5.82 Å². The van der Waals surface area contributed by atoms with Gasteiger partial charge in [-0.1, -0.05) is 31.9 Å². The summed E-state index contributed by atoms with van der Waals surface area (Å²) in [4.78, 5) is 0. The quantitative estimate of drug-likeness (QED) is 0.404. The number of aliphatic hydroxyl groups excluding tert-OH is 2. The first-order valence-corrected chi connectivity index (χ1v) is 11.3. The molecule has 0 amide bonds. The Morgan fingerprint density at radius 1 is 1.24 bits per heavy atom. The molecule has 5 nitrogen and oxygen atoms in total. The highest BCUT2D eigenvalue weighted by atomic mass is 16.3. The van der Waals surface area contributed by atoms with Gasteiger partial charge in [0, 0.05) is 26.1 Å². The minimum atomic E-state index is -0.282. The van der Waals surface area contributed by atoms with Crippen LogP contribution in [0.1, 0.15) is 65.7 Å². The van der Waals surface area contributed by atoms with Gasteiger partial charge in [-0.25, -0.2) is 0 Å². The van der Waals surface area contributed by atoms with E-state index in [1.807, 2.05) is 7.05 Å². The zero-order valence-corrected chi connectivity index (χ0v) is 18.6. The van der Waals surface area contributed by atoms with Gasteiger partial charge < -0.3 is 20.8 Å². The average molecular weight is 402 g/mol. The van der Waals surface area contributed by atoms with Crippen molar-refractivity contribution in [3.8, 4) is 6.07 Å². The Morgan fingerprint density at radius 2 is 2.00 bits per heavy atom. The van der Waals surface area contributed by atoms with Crippen molar-refractivity contribution in [1.29, 1.82) is 5.26 Å². The summed E-state index contributed by atoms with van der Waals surface area (Å²) in [6.07, 6.45) is 8.43. The lowest BCUT2D eigenvalue weighted by atomic mass is 9.53. The molecule has 1 saturated carbocycles. The van der Waals surface area contributed by atoms with E-state index in [0.29, 0.717) is 18.3 Å². The van der Waals surface area contributed by atoms with Crippen LogP contribution in [0, 0.1) is 39.9 Å². The van der Waals surface area contributed by atoms with Gasteiger partial charge in [-0.3, -0.25) is 0 Å². The zero-order valence-electron chi connectivity index (χ0n) is 18.6. The van der Waals surface area contributed by atoms with Gasteiger partial charge in [0.2, 0.25) is 0 Å². The Balaban J connectivity index is 1.93. The van der Waals surface area contributed by atoms with Crippen LogP contribution in [-0.4, -0.2) is 36.5 Å². The molecule has 0 aliphatic heterocycles. The maximum Gasteiger partial charge on any atom is 0.109 e. The molecule has 0 unspecified atom stereocenters. The molecular weight excluding hydrogens is 362 g/mol. The number of nitriles is 1. The van der Waals surface area contributed by atoms with Crippen LogP contribution >= 0.6 is 0 Å². The molecule has 0 heterocycles. The number of nitrogens with one attached hydrogen (secondary N) is 2. The van der Waals surface area contributed by atoms with Crippen LogP contribution in [0.15, 0.2) is 23.0 Å². The van der Waals surface area contributed by atoms with E-state index in [9.17, 15) is 10.2 Å². The van der Waals surface area contributed by atoms with Gasteiger partial charge in [-0.05, 0) is 67.6 Å². The van der Waals surface area contributed by atoms with Gasteiger partial charge >= 0.3 is 0 Å². The molecule has 0 radical (unpaired) electrons. The van der Waals surface area contributed by atoms with E-state index in [4.69, 9.17) is 5.26 Å². The highest BCUT2D eigenvalue weighted by Gasteiger charge is 2.51. The van der Waals surface area contributed by atoms with Crippen LogP contribution in [0.4, 0.5) is 0 Å². The second kappa shape index (κ2) is 8.70. The van der Waals surface area contributed by atoms with Crippen molar-refractivity contribution in [1.82, 2.24) is 10.6 Å². The molecular formula is C24H39N3O2. The lowest BCUT2D eigenvalue weighted by molar-refractivity contribution is -0.0581. The van der Waals surface area contributed by atoms with E-state index >= 15 is 0 Å². The van der Waals surface area contributed by atoms with E-state index in [-0.39, 0.29) is 29.5 Å². The van der Waals surface area contributed by atoms with Crippen LogP contribution in [0.2, 0.25) is 0 Å². The summed E-state index contributed by atoms with van der Waals surface area (Å²) in [7, 11) is 1.84. The third-order valence-corrected chi connectivity index (χ3v) is 8.43. The maximum atomic E-state index is 10.2. The van der Waals surface area contributed by atoms with E-state index in [2.05, 4.69) is 37.5 Å². The molecule has 0 spiro atoms. The van der Waals surface area contributed by atoms with Crippen molar-refractivity contribution < 1.29 is 10.2 Å². The van der Waals surface area contributed by atoms with Crippen molar-refractivity contribution in [2.24, 2.45) is 28.6 Å². The third-order valence-electron chi connectivity index (χ3n) is 8.43. The summed E-state index contributed by atoms with van der Waals surface area (Å²) in [6.45, 7) is 8.07. The number of rotatable bonds is 6. The Hall–Kier alpha value is -1.51. The monoisotopic (exact) mass is 401 g/mol. The normalized spacial score (nSPS) is 37.1. The fourth-order valence-corrected chi connectivity index (χ4v) is 6.55. The van der Waals surface area contributed by atoms with Crippen LogP contribution in [-0.2, 0) is 0 Å². The van der Waals surface area contributed by atoms with E-state index in [1.165, 1.54) is 12.5 Å². The average Bonchev–Trinajstić information content (AvgIpc) is 3.01. The smallest absolute Gasteiger partial charge is 0.109 e. The Kier molecular flexibility index (Phi) is 6.65. The first-order chi connectivity index (χ1) is 13.8. The van der Waals surface area contributed by atoms with Crippen molar-refractivity contribution in [3.63, 3.8) is 0 Å². The molecule has 0 aromatic carbocycles. The molecule has 5 atom stereocenters. The summed E-state index contributed by atoms with van der Waals surface area (Å²) in [5.41, 5.74) is 3.59. The number of allylic oxidation sites excluding steroid dienone is 2. The summed E-state index contributed by atoms with van der Waals surface area (Å²) in [5, 5.41) is 36.0. The minimum Gasteiger partial charge on any atom is -0.396 e. The zero-order chi connectivity index (χ0) is 21.2.